The van der Waals surface area contributed by atoms with Crippen molar-refractivity contribution < 1.29 is 9.59 Å². The van der Waals surface area contributed by atoms with E-state index in [1.54, 1.807) is 24.3 Å². The average molecular weight is 553 g/mol. The summed E-state index contributed by atoms with van der Waals surface area (Å²) in [7, 11) is 0. The van der Waals surface area contributed by atoms with E-state index in [2.05, 4.69) is 21.7 Å². The third kappa shape index (κ3) is 7.05. The minimum atomic E-state index is -0.772. The van der Waals surface area contributed by atoms with Crippen LogP contribution in [0.4, 0.5) is 0 Å². The van der Waals surface area contributed by atoms with Crippen molar-refractivity contribution in [1.29, 1.82) is 0 Å². The number of hydrogen-bond donors (Lipinski definition) is 4. The SMILES string of the molecule is NC(N)=NCCC[C@@H](NC(=O)C(c1ccc(Cl)cc1)c1ccc(Cl)cc1)C(=O)N[C@H]1CCc2ccccc21. The molecule has 3 aromatic carbocycles. The van der Waals surface area contributed by atoms with Crippen LogP contribution in [-0.2, 0) is 16.0 Å². The van der Waals surface area contributed by atoms with Crippen LogP contribution in [0, 0.1) is 0 Å². The van der Waals surface area contributed by atoms with E-state index < -0.39 is 12.0 Å². The molecule has 0 spiro atoms. The highest BCUT2D eigenvalue weighted by Crippen LogP contribution is 2.31. The van der Waals surface area contributed by atoms with E-state index in [4.69, 9.17) is 34.7 Å². The number of carbonyl (C=O) groups is 2. The van der Waals surface area contributed by atoms with Crippen LogP contribution < -0.4 is 22.1 Å². The Kier molecular flexibility index (Phi) is 9.26. The Morgan fingerprint density at radius 2 is 1.50 bits per heavy atom. The van der Waals surface area contributed by atoms with Crippen LogP contribution in [-0.4, -0.2) is 30.4 Å². The zero-order valence-corrected chi connectivity index (χ0v) is 22.4. The van der Waals surface area contributed by atoms with Gasteiger partial charge in [-0.1, -0.05) is 71.7 Å². The van der Waals surface area contributed by atoms with Gasteiger partial charge in [-0.15, -0.1) is 0 Å². The van der Waals surface area contributed by atoms with E-state index in [1.165, 1.54) is 5.56 Å². The van der Waals surface area contributed by atoms with Crippen LogP contribution in [0.25, 0.3) is 0 Å². The molecule has 6 N–H and O–H groups in total. The topological polar surface area (TPSA) is 123 Å². The molecule has 0 aliphatic heterocycles. The molecule has 0 saturated carbocycles. The lowest BCUT2D eigenvalue weighted by Gasteiger charge is -2.25. The molecule has 198 valence electrons. The van der Waals surface area contributed by atoms with Crippen molar-refractivity contribution >= 4 is 41.0 Å². The van der Waals surface area contributed by atoms with E-state index in [1.807, 2.05) is 42.5 Å². The number of aliphatic imine (C=N–C) groups is 1. The summed E-state index contributed by atoms with van der Waals surface area (Å²) in [4.78, 5) is 31.3. The van der Waals surface area contributed by atoms with Gasteiger partial charge < -0.3 is 22.1 Å². The summed E-state index contributed by atoms with van der Waals surface area (Å²) in [5.74, 6) is -1.22. The molecule has 0 aromatic heterocycles. The van der Waals surface area contributed by atoms with Crippen molar-refractivity contribution in [3.63, 3.8) is 0 Å². The van der Waals surface area contributed by atoms with Crippen molar-refractivity contribution in [2.24, 2.45) is 16.5 Å². The average Bonchev–Trinajstić information content (AvgIpc) is 3.30. The van der Waals surface area contributed by atoms with Gasteiger partial charge in [-0.3, -0.25) is 14.6 Å². The molecule has 0 unspecified atom stereocenters. The Bertz CT molecular complexity index is 1250. The first kappa shape index (κ1) is 27.5. The monoisotopic (exact) mass is 551 g/mol. The largest absolute Gasteiger partial charge is 0.370 e. The highest BCUT2D eigenvalue weighted by molar-refractivity contribution is 6.30. The number of amides is 2. The van der Waals surface area contributed by atoms with Crippen LogP contribution in [0.3, 0.4) is 0 Å². The van der Waals surface area contributed by atoms with E-state index in [-0.39, 0.29) is 23.8 Å². The molecular weight excluding hydrogens is 521 g/mol. The second-order valence-electron chi connectivity index (χ2n) is 9.34. The summed E-state index contributed by atoms with van der Waals surface area (Å²) in [6.45, 7) is 0.353. The minimum absolute atomic E-state index is 0.0110. The Morgan fingerprint density at radius 3 is 2.11 bits per heavy atom. The first-order valence-electron chi connectivity index (χ1n) is 12.6. The third-order valence-electron chi connectivity index (χ3n) is 6.70. The number of fused-ring (bicyclic) bond motifs is 1. The van der Waals surface area contributed by atoms with Gasteiger partial charge in [0.25, 0.3) is 0 Å². The first-order valence-corrected chi connectivity index (χ1v) is 13.3. The van der Waals surface area contributed by atoms with Gasteiger partial charge >= 0.3 is 0 Å². The van der Waals surface area contributed by atoms with Crippen molar-refractivity contribution in [1.82, 2.24) is 10.6 Å². The summed E-state index contributed by atoms with van der Waals surface area (Å²) < 4.78 is 0. The predicted octanol–water partition coefficient (Wildman–Crippen LogP) is 4.47. The van der Waals surface area contributed by atoms with Crippen LogP contribution in [0.2, 0.25) is 10.0 Å². The number of nitrogens with one attached hydrogen (secondary N) is 2. The van der Waals surface area contributed by atoms with Crippen molar-refractivity contribution in [3.05, 3.63) is 105 Å². The number of hydrogen-bond acceptors (Lipinski definition) is 3. The fraction of sp³-hybridized carbons (Fsp3) is 0.276. The molecule has 7 nitrogen and oxygen atoms in total. The number of nitrogens with two attached hydrogens (primary N) is 2. The molecule has 0 radical (unpaired) electrons. The van der Waals surface area contributed by atoms with Gasteiger partial charge in [0.2, 0.25) is 11.8 Å². The molecule has 1 aliphatic carbocycles. The van der Waals surface area contributed by atoms with Crippen LogP contribution in [0.1, 0.15) is 53.5 Å². The molecule has 0 bridgehead atoms. The molecule has 3 aromatic rings. The van der Waals surface area contributed by atoms with Gasteiger partial charge in [-0.25, -0.2) is 0 Å². The zero-order chi connectivity index (χ0) is 27.1. The second kappa shape index (κ2) is 12.8. The fourth-order valence-electron chi connectivity index (χ4n) is 4.81. The Labute approximate surface area is 232 Å². The molecule has 1 aliphatic rings. The van der Waals surface area contributed by atoms with Gasteiger partial charge in [0.05, 0.1) is 12.0 Å². The highest BCUT2D eigenvalue weighted by Gasteiger charge is 2.30. The lowest BCUT2D eigenvalue weighted by Crippen LogP contribution is -2.49. The Morgan fingerprint density at radius 1 is 0.895 bits per heavy atom. The van der Waals surface area contributed by atoms with Crippen molar-refractivity contribution in [2.45, 2.75) is 43.7 Å². The van der Waals surface area contributed by atoms with Crippen LogP contribution in [0.15, 0.2) is 77.8 Å². The predicted molar refractivity (Wildman–Crippen MR) is 152 cm³/mol. The number of guanidine groups is 1. The minimum Gasteiger partial charge on any atom is -0.370 e. The number of aryl methyl sites for hydroxylation is 1. The van der Waals surface area contributed by atoms with Gasteiger partial charge in [0.15, 0.2) is 5.96 Å². The molecule has 2 amide bonds. The standard InChI is InChI=1S/C29H31Cl2N5O2/c30-21-12-7-19(8-13-21)26(20-9-14-22(31)15-10-20)28(38)36-25(6-3-17-34-29(32)33)27(37)35-24-16-11-18-4-1-2-5-23(18)24/h1-2,4-5,7-10,12-15,24-26H,3,6,11,16-17H2,(H,35,37)(H,36,38)(H4,32,33,34)/t24-,25+/m0/s1. The maximum Gasteiger partial charge on any atom is 0.243 e. The van der Waals surface area contributed by atoms with E-state index in [0.717, 1.165) is 29.5 Å². The molecule has 38 heavy (non-hydrogen) atoms. The van der Waals surface area contributed by atoms with Crippen LogP contribution in [0.5, 0.6) is 0 Å². The quantitative estimate of drug-likeness (QED) is 0.168. The zero-order valence-electron chi connectivity index (χ0n) is 20.9. The van der Waals surface area contributed by atoms with E-state index in [9.17, 15) is 9.59 Å². The van der Waals surface area contributed by atoms with E-state index in [0.29, 0.717) is 29.4 Å². The van der Waals surface area contributed by atoms with Gasteiger partial charge in [0, 0.05) is 16.6 Å². The highest BCUT2D eigenvalue weighted by atomic mass is 35.5. The number of nitrogens with zero attached hydrogens (tertiary/aromatic N) is 1. The van der Waals surface area contributed by atoms with Crippen molar-refractivity contribution in [2.75, 3.05) is 6.54 Å². The molecule has 0 saturated heterocycles. The Hall–Kier alpha value is -3.55. The van der Waals surface area contributed by atoms with Crippen molar-refractivity contribution in [3.8, 4) is 0 Å². The van der Waals surface area contributed by atoms with Gasteiger partial charge in [-0.05, 0) is 72.2 Å². The van der Waals surface area contributed by atoms with Gasteiger partial charge in [0.1, 0.15) is 6.04 Å². The number of rotatable bonds is 10. The number of halogens is 2. The normalized spacial score (nSPS) is 15.0. The van der Waals surface area contributed by atoms with E-state index >= 15 is 0 Å². The molecule has 0 heterocycles. The molecular formula is C29H31Cl2N5O2. The lowest BCUT2D eigenvalue weighted by molar-refractivity contribution is -0.130. The Balaban J connectivity index is 1.56. The third-order valence-corrected chi connectivity index (χ3v) is 7.20. The maximum atomic E-state index is 13.8. The summed E-state index contributed by atoms with van der Waals surface area (Å²) in [5.41, 5.74) is 14.8. The molecule has 0 fully saturated rings. The maximum absolute atomic E-state index is 13.8. The van der Waals surface area contributed by atoms with Gasteiger partial charge in [-0.2, -0.15) is 0 Å². The number of benzene rings is 3. The molecule has 2 atom stereocenters. The first-order chi connectivity index (χ1) is 18.3. The smallest absolute Gasteiger partial charge is 0.243 e. The fourth-order valence-corrected chi connectivity index (χ4v) is 5.06. The summed E-state index contributed by atoms with van der Waals surface area (Å²) in [5, 5.41) is 7.29. The molecule has 4 rings (SSSR count). The summed E-state index contributed by atoms with van der Waals surface area (Å²) in [6.07, 6.45) is 2.61. The second-order valence-corrected chi connectivity index (χ2v) is 10.2. The lowest BCUT2D eigenvalue weighted by atomic mass is 9.90. The number of carbonyl (C=O) groups excluding carboxylic acids is 2. The van der Waals surface area contributed by atoms with Crippen LogP contribution >= 0.6 is 23.2 Å². The molecule has 9 heteroatoms. The summed E-state index contributed by atoms with van der Waals surface area (Å²) >= 11 is 12.2. The summed E-state index contributed by atoms with van der Waals surface area (Å²) in [6, 6.07) is 21.4.